The van der Waals surface area contributed by atoms with Crippen molar-refractivity contribution in [3.8, 4) is 0 Å². The highest BCUT2D eigenvalue weighted by atomic mass is 19.1. The first-order valence-corrected chi connectivity index (χ1v) is 4.64. The number of hydrogen-bond donors (Lipinski definition) is 1. The number of aromatic nitrogens is 2. The van der Waals surface area contributed by atoms with Crippen molar-refractivity contribution in [3.05, 3.63) is 29.8 Å². The monoisotopic (exact) mass is 193 g/mol. The van der Waals surface area contributed by atoms with Crippen LogP contribution in [0.5, 0.6) is 0 Å². The summed E-state index contributed by atoms with van der Waals surface area (Å²) in [5.74, 6) is 0.242. The highest BCUT2D eigenvalue weighted by Crippen LogP contribution is 2.16. The Kier molecular flexibility index (Phi) is 2.11. The lowest BCUT2D eigenvalue weighted by atomic mass is 10.2. The van der Waals surface area contributed by atoms with Crippen molar-refractivity contribution < 1.29 is 4.39 Å². The minimum absolute atomic E-state index is 0.301. The van der Waals surface area contributed by atoms with Crippen LogP contribution in [0.3, 0.4) is 0 Å². The summed E-state index contributed by atoms with van der Waals surface area (Å²) in [6.45, 7) is 2.06. The number of rotatable bonds is 2. The van der Waals surface area contributed by atoms with E-state index in [0.717, 1.165) is 18.5 Å². The van der Waals surface area contributed by atoms with Crippen molar-refractivity contribution in [2.24, 2.45) is 0 Å². The standard InChI is InChI=1S/C10H12FN3/c1-2-3-8-10(12)14-6-7(11)4-5-9(14)13-8/h4-6H,2-3,12H2,1H3. The molecule has 2 heterocycles. The van der Waals surface area contributed by atoms with Crippen LogP contribution in [0, 0.1) is 5.82 Å². The topological polar surface area (TPSA) is 43.3 Å². The zero-order valence-electron chi connectivity index (χ0n) is 8.00. The molecule has 0 unspecified atom stereocenters. The van der Waals surface area contributed by atoms with E-state index in [2.05, 4.69) is 11.9 Å². The average Bonchev–Trinajstić information content (AvgIpc) is 2.46. The molecule has 0 aliphatic carbocycles. The van der Waals surface area contributed by atoms with Gasteiger partial charge in [-0.05, 0) is 18.6 Å². The first-order valence-electron chi connectivity index (χ1n) is 4.64. The molecule has 14 heavy (non-hydrogen) atoms. The summed E-state index contributed by atoms with van der Waals surface area (Å²) in [6, 6.07) is 3.02. The van der Waals surface area contributed by atoms with Gasteiger partial charge in [0.05, 0.1) is 5.69 Å². The quantitative estimate of drug-likeness (QED) is 0.792. The smallest absolute Gasteiger partial charge is 0.140 e. The highest BCUT2D eigenvalue weighted by molar-refractivity contribution is 5.52. The van der Waals surface area contributed by atoms with Gasteiger partial charge in [-0.3, -0.25) is 4.40 Å². The maximum absolute atomic E-state index is 12.9. The minimum atomic E-state index is -0.301. The Labute approximate surface area is 81.4 Å². The van der Waals surface area contributed by atoms with E-state index < -0.39 is 0 Å². The number of nitrogens with two attached hydrogens (primary N) is 1. The molecule has 3 nitrogen and oxygen atoms in total. The van der Waals surface area contributed by atoms with Crippen molar-refractivity contribution in [1.82, 2.24) is 9.38 Å². The number of nitrogens with zero attached hydrogens (tertiary/aromatic N) is 2. The third-order valence-electron chi connectivity index (χ3n) is 2.18. The van der Waals surface area contributed by atoms with Gasteiger partial charge in [-0.2, -0.15) is 0 Å². The SMILES string of the molecule is CCCc1nc2ccc(F)cn2c1N. The van der Waals surface area contributed by atoms with Crippen LogP contribution in [0.4, 0.5) is 10.2 Å². The number of pyridine rings is 1. The molecule has 2 rings (SSSR count). The Morgan fingerprint density at radius 2 is 2.29 bits per heavy atom. The number of anilines is 1. The van der Waals surface area contributed by atoms with Gasteiger partial charge in [0.25, 0.3) is 0 Å². The number of nitrogen functional groups attached to an aromatic ring is 1. The lowest BCUT2D eigenvalue weighted by Crippen LogP contribution is -1.96. The Morgan fingerprint density at radius 1 is 1.50 bits per heavy atom. The number of hydrogen-bond acceptors (Lipinski definition) is 2. The van der Waals surface area contributed by atoms with Gasteiger partial charge in [-0.25, -0.2) is 9.37 Å². The summed E-state index contributed by atoms with van der Waals surface area (Å²) in [5, 5.41) is 0. The molecule has 74 valence electrons. The lowest BCUT2D eigenvalue weighted by Gasteiger charge is -1.96. The van der Waals surface area contributed by atoms with Crippen LogP contribution in [0.2, 0.25) is 0 Å². The van der Waals surface area contributed by atoms with E-state index in [4.69, 9.17) is 5.73 Å². The number of halogens is 1. The van der Waals surface area contributed by atoms with E-state index >= 15 is 0 Å². The van der Waals surface area contributed by atoms with E-state index in [9.17, 15) is 4.39 Å². The molecule has 4 heteroatoms. The molecular formula is C10H12FN3. The second kappa shape index (κ2) is 3.29. The van der Waals surface area contributed by atoms with Crippen molar-refractivity contribution in [2.75, 3.05) is 5.73 Å². The largest absolute Gasteiger partial charge is 0.383 e. The molecule has 2 aromatic rings. The molecule has 0 aromatic carbocycles. The summed E-state index contributed by atoms with van der Waals surface area (Å²) in [4.78, 5) is 4.31. The van der Waals surface area contributed by atoms with Crippen molar-refractivity contribution in [1.29, 1.82) is 0 Å². The van der Waals surface area contributed by atoms with Crippen molar-refractivity contribution in [3.63, 3.8) is 0 Å². The summed E-state index contributed by atoms with van der Waals surface area (Å²) >= 11 is 0. The minimum Gasteiger partial charge on any atom is -0.383 e. The zero-order chi connectivity index (χ0) is 10.1. The molecule has 0 amide bonds. The molecule has 0 saturated heterocycles. The first-order chi connectivity index (χ1) is 6.72. The van der Waals surface area contributed by atoms with Crippen LogP contribution in [-0.4, -0.2) is 9.38 Å². The highest BCUT2D eigenvalue weighted by Gasteiger charge is 2.08. The van der Waals surface area contributed by atoms with Crippen LogP contribution < -0.4 is 5.73 Å². The van der Waals surface area contributed by atoms with Crippen LogP contribution >= 0.6 is 0 Å². The van der Waals surface area contributed by atoms with Gasteiger partial charge in [0.2, 0.25) is 0 Å². The normalized spacial score (nSPS) is 11.0. The Balaban J connectivity index is 2.62. The third kappa shape index (κ3) is 1.32. The molecule has 0 fully saturated rings. The first kappa shape index (κ1) is 8.99. The molecular weight excluding hydrogens is 181 g/mol. The van der Waals surface area contributed by atoms with Gasteiger partial charge in [0.15, 0.2) is 0 Å². The molecule has 2 aromatic heterocycles. The Bertz CT molecular complexity index is 462. The molecule has 0 spiro atoms. The van der Waals surface area contributed by atoms with E-state index in [1.165, 1.54) is 12.3 Å². The Morgan fingerprint density at radius 3 is 3.00 bits per heavy atom. The van der Waals surface area contributed by atoms with Gasteiger partial charge in [-0.15, -0.1) is 0 Å². The molecule has 0 bridgehead atoms. The molecule has 0 aliphatic heterocycles. The molecule has 0 saturated carbocycles. The van der Waals surface area contributed by atoms with Gasteiger partial charge in [0.1, 0.15) is 17.3 Å². The predicted molar refractivity (Wildman–Crippen MR) is 53.6 cm³/mol. The lowest BCUT2D eigenvalue weighted by molar-refractivity contribution is 0.619. The van der Waals surface area contributed by atoms with E-state index in [-0.39, 0.29) is 5.82 Å². The fourth-order valence-corrected chi connectivity index (χ4v) is 1.51. The predicted octanol–water partition coefficient (Wildman–Crippen LogP) is 2.01. The van der Waals surface area contributed by atoms with Crippen molar-refractivity contribution in [2.45, 2.75) is 19.8 Å². The number of aryl methyl sites for hydroxylation is 1. The van der Waals surface area contributed by atoms with Crippen LogP contribution in [0.1, 0.15) is 19.0 Å². The van der Waals surface area contributed by atoms with Crippen molar-refractivity contribution >= 4 is 11.5 Å². The second-order valence-corrected chi connectivity index (χ2v) is 3.27. The number of fused-ring (bicyclic) bond motifs is 1. The maximum atomic E-state index is 12.9. The van der Waals surface area contributed by atoms with Gasteiger partial charge in [0, 0.05) is 6.20 Å². The van der Waals surface area contributed by atoms with Crippen LogP contribution in [0.25, 0.3) is 5.65 Å². The van der Waals surface area contributed by atoms with Crippen LogP contribution in [-0.2, 0) is 6.42 Å². The second-order valence-electron chi connectivity index (χ2n) is 3.27. The van der Waals surface area contributed by atoms with E-state index in [1.807, 2.05) is 0 Å². The maximum Gasteiger partial charge on any atom is 0.140 e. The molecule has 0 atom stereocenters. The summed E-state index contributed by atoms with van der Waals surface area (Å²) in [5.41, 5.74) is 7.37. The summed E-state index contributed by atoms with van der Waals surface area (Å²) < 4.78 is 14.5. The van der Waals surface area contributed by atoms with Gasteiger partial charge < -0.3 is 5.73 Å². The fourth-order valence-electron chi connectivity index (χ4n) is 1.51. The molecule has 2 N–H and O–H groups in total. The fraction of sp³-hybridized carbons (Fsp3) is 0.300. The van der Waals surface area contributed by atoms with Gasteiger partial charge >= 0.3 is 0 Å². The Hall–Kier alpha value is -1.58. The zero-order valence-corrected chi connectivity index (χ0v) is 8.00. The van der Waals surface area contributed by atoms with Crippen LogP contribution in [0.15, 0.2) is 18.3 Å². The van der Waals surface area contributed by atoms with E-state index in [1.54, 1.807) is 10.5 Å². The van der Waals surface area contributed by atoms with E-state index in [0.29, 0.717) is 11.5 Å². The number of imidazole rings is 1. The van der Waals surface area contributed by atoms with Gasteiger partial charge in [-0.1, -0.05) is 13.3 Å². The summed E-state index contributed by atoms with van der Waals surface area (Å²) in [6.07, 6.45) is 3.17. The average molecular weight is 193 g/mol. The molecule has 0 aliphatic rings. The molecule has 0 radical (unpaired) electrons. The third-order valence-corrected chi connectivity index (χ3v) is 2.18. The summed E-state index contributed by atoms with van der Waals surface area (Å²) in [7, 11) is 0.